The molecule has 1 aliphatic rings. The molecule has 0 saturated heterocycles. The lowest BCUT2D eigenvalue weighted by Gasteiger charge is -2.28. The van der Waals surface area contributed by atoms with Gasteiger partial charge in [0.2, 0.25) is 5.88 Å². The van der Waals surface area contributed by atoms with E-state index in [4.69, 9.17) is 38.4 Å². The summed E-state index contributed by atoms with van der Waals surface area (Å²) >= 11 is 12.3. The van der Waals surface area contributed by atoms with Crippen LogP contribution in [-0.4, -0.2) is 17.6 Å². The van der Waals surface area contributed by atoms with E-state index in [9.17, 15) is 9.59 Å². The van der Waals surface area contributed by atoms with Crippen LogP contribution in [0.5, 0.6) is 5.75 Å². The van der Waals surface area contributed by atoms with Crippen LogP contribution in [0.15, 0.2) is 58.7 Å². The molecule has 0 saturated carbocycles. The second-order valence-electron chi connectivity index (χ2n) is 6.45. The molecule has 2 heterocycles. The number of halogens is 2. The van der Waals surface area contributed by atoms with E-state index in [0.29, 0.717) is 27.2 Å². The van der Waals surface area contributed by atoms with Crippen molar-refractivity contribution in [1.29, 1.82) is 0 Å². The highest BCUT2D eigenvalue weighted by Crippen LogP contribution is 2.44. The number of rotatable bonds is 3. The first-order valence-corrected chi connectivity index (χ1v) is 9.62. The zero-order chi connectivity index (χ0) is 20.7. The van der Waals surface area contributed by atoms with E-state index in [1.807, 2.05) is 6.07 Å². The highest BCUT2D eigenvalue weighted by Gasteiger charge is 2.38. The number of benzene rings is 2. The second kappa shape index (κ2) is 7.46. The lowest BCUT2D eigenvalue weighted by atomic mass is 9.83. The number of carbonyl (C=O) groups is 1. The van der Waals surface area contributed by atoms with E-state index in [2.05, 4.69) is 4.98 Å². The van der Waals surface area contributed by atoms with Gasteiger partial charge in [0, 0.05) is 5.39 Å². The van der Waals surface area contributed by atoms with Crippen LogP contribution in [0.25, 0.3) is 10.9 Å². The molecular formula is C21H16Cl2N2O4. The molecule has 0 spiro atoms. The normalized spacial score (nSPS) is 15.8. The summed E-state index contributed by atoms with van der Waals surface area (Å²) in [6.45, 7) is 1.82. The Balaban J connectivity index is 2.05. The Kier molecular flexibility index (Phi) is 4.98. The molecule has 1 aliphatic heterocycles. The molecule has 0 amide bonds. The Hall–Kier alpha value is -2.96. The van der Waals surface area contributed by atoms with Crippen LogP contribution >= 0.6 is 23.2 Å². The molecular weight excluding hydrogens is 415 g/mol. The van der Waals surface area contributed by atoms with Crippen molar-refractivity contribution in [2.24, 2.45) is 5.73 Å². The molecule has 3 N–H and O–H groups in total. The number of hydrogen-bond acceptors (Lipinski definition) is 5. The monoisotopic (exact) mass is 430 g/mol. The van der Waals surface area contributed by atoms with E-state index in [1.165, 1.54) is 0 Å². The van der Waals surface area contributed by atoms with E-state index in [0.717, 1.165) is 0 Å². The molecule has 0 fully saturated rings. The molecule has 1 atom stereocenters. The summed E-state index contributed by atoms with van der Waals surface area (Å²) < 4.78 is 11.0. The van der Waals surface area contributed by atoms with Gasteiger partial charge in [-0.2, -0.15) is 0 Å². The number of aromatic amines is 1. The fraction of sp³-hybridized carbons (Fsp3) is 0.143. The van der Waals surface area contributed by atoms with Gasteiger partial charge in [-0.15, -0.1) is 0 Å². The number of nitrogens with two attached hydrogens (primary N) is 1. The number of nitrogens with one attached hydrogen (secondary N) is 1. The van der Waals surface area contributed by atoms with Crippen LogP contribution in [0.2, 0.25) is 10.0 Å². The first-order valence-electron chi connectivity index (χ1n) is 8.86. The van der Waals surface area contributed by atoms with Gasteiger partial charge in [0.1, 0.15) is 11.3 Å². The van der Waals surface area contributed by atoms with Crippen LogP contribution in [0.4, 0.5) is 0 Å². The second-order valence-corrected chi connectivity index (χ2v) is 7.26. The van der Waals surface area contributed by atoms with E-state index >= 15 is 0 Å². The third-order valence-electron chi connectivity index (χ3n) is 4.74. The number of para-hydroxylation sites is 1. The maximum atomic E-state index is 13.0. The SMILES string of the molecule is CCOC(=O)C1=C(N)Oc2c(c(=O)[nH]c3ccccc23)C1c1ccc(Cl)c(Cl)c1. The molecule has 8 heteroatoms. The van der Waals surface area contributed by atoms with Crippen molar-refractivity contribution in [3.05, 3.63) is 85.4 Å². The minimum atomic E-state index is -0.832. The average Bonchev–Trinajstić information content (AvgIpc) is 2.69. The standard InChI is InChI=1S/C21H16Cl2N2O4/c1-2-28-21(27)17-15(10-7-8-12(22)13(23)9-10)16-18(29-19(17)24)11-5-3-4-6-14(11)25-20(16)26/h3-9,15H,2,24H2,1H3,(H,25,26). The summed E-state index contributed by atoms with van der Waals surface area (Å²) in [4.78, 5) is 28.6. The molecule has 3 aromatic rings. The molecule has 0 bridgehead atoms. The van der Waals surface area contributed by atoms with Gasteiger partial charge in [-0.3, -0.25) is 4.79 Å². The zero-order valence-corrected chi connectivity index (χ0v) is 16.8. The molecule has 1 aromatic heterocycles. The molecule has 29 heavy (non-hydrogen) atoms. The molecule has 148 valence electrons. The van der Waals surface area contributed by atoms with Crippen molar-refractivity contribution >= 4 is 40.1 Å². The number of esters is 1. The quantitative estimate of drug-likeness (QED) is 0.610. The third kappa shape index (κ3) is 3.24. The summed E-state index contributed by atoms with van der Waals surface area (Å²) in [6.07, 6.45) is 0. The van der Waals surface area contributed by atoms with Gasteiger partial charge in [-0.1, -0.05) is 41.4 Å². The summed E-state index contributed by atoms with van der Waals surface area (Å²) in [5.74, 6) is -1.33. The first-order chi connectivity index (χ1) is 13.9. The van der Waals surface area contributed by atoms with Crippen LogP contribution in [0.3, 0.4) is 0 Å². The van der Waals surface area contributed by atoms with Gasteiger partial charge < -0.3 is 20.2 Å². The minimum absolute atomic E-state index is 0.0403. The van der Waals surface area contributed by atoms with Crippen molar-refractivity contribution in [2.75, 3.05) is 6.61 Å². The molecule has 2 aromatic carbocycles. The lowest BCUT2D eigenvalue weighted by molar-refractivity contribution is -0.139. The fourth-order valence-corrected chi connectivity index (χ4v) is 3.81. The molecule has 0 radical (unpaired) electrons. The maximum absolute atomic E-state index is 13.0. The predicted molar refractivity (Wildman–Crippen MR) is 111 cm³/mol. The van der Waals surface area contributed by atoms with Crippen molar-refractivity contribution in [3.63, 3.8) is 0 Å². The van der Waals surface area contributed by atoms with Crippen molar-refractivity contribution < 1.29 is 14.3 Å². The number of H-pyrrole nitrogens is 1. The fourth-order valence-electron chi connectivity index (χ4n) is 3.50. The van der Waals surface area contributed by atoms with Gasteiger partial charge >= 0.3 is 5.97 Å². The first kappa shape index (κ1) is 19.4. The lowest BCUT2D eigenvalue weighted by Crippen LogP contribution is -2.32. The van der Waals surface area contributed by atoms with Gasteiger partial charge in [0.25, 0.3) is 5.56 Å². The Bertz CT molecular complexity index is 1230. The van der Waals surface area contributed by atoms with Gasteiger partial charge in [0.15, 0.2) is 0 Å². The van der Waals surface area contributed by atoms with Gasteiger partial charge in [-0.05, 0) is 36.8 Å². The number of hydrogen-bond donors (Lipinski definition) is 2. The predicted octanol–water partition coefficient (Wildman–Crippen LogP) is 4.09. The van der Waals surface area contributed by atoms with Crippen molar-refractivity contribution in [2.45, 2.75) is 12.8 Å². The summed E-state index contributed by atoms with van der Waals surface area (Å²) in [5.41, 5.74) is 7.20. The highest BCUT2D eigenvalue weighted by atomic mass is 35.5. The molecule has 4 rings (SSSR count). The molecule has 6 nitrogen and oxygen atoms in total. The summed E-state index contributed by atoms with van der Waals surface area (Å²) in [5, 5.41) is 1.30. The zero-order valence-electron chi connectivity index (χ0n) is 15.3. The Morgan fingerprint density at radius 3 is 2.69 bits per heavy atom. The van der Waals surface area contributed by atoms with E-state index in [1.54, 1.807) is 43.3 Å². The summed E-state index contributed by atoms with van der Waals surface area (Å²) in [6, 6.07) is 12.1. The smallest absolute Gasteiger partial charge is 0.340 e. The van der Waals surface area contributed by atoms with Crippen molar-refractivity contribution in [3.8, 4) is 5.75 Å². The Labute approximate surface area is 175 Å². The Morgan fingerprint density at radius 1 is 1.21 bits per heavy atom. The number of carbonyl (C=O) groups excluding carboxylic acids is 1. The third-order valence-corrected chi connectivity index (χ3v) is 5.48. The number of fused-ring (bicyclic) bond motifs is 3. The Morgan fingerprint density at radius 2 is 1.97 bits per heavy atom. The van der Waals surface area contributed by atoms with Crippen LogP contribution < -0.4 is 16.0 Å². The van der Waals surface area contributed by atoms with E-state index < -0.39 is 17.4 Å². The number of ether oxygens (including phenoxy) is 2. The number of aromatic nitrogens is 1. The van der Waals surface area contributed by atoms with Gasteiger partial charge in [-0.25, -0.2) is 4.79 Å². The summed E-state index contributed by atoms with van der Waals surface area (Å²) in [7, 11) is 0. The minimum Gasteiger partial charge on any atom is -0.462 e. The topological polar surface area (TPSA) is 94.4 Å². The van der Waals surface area contributed by atoms with Gasteiger partial charge in [0.05, 0.1) is 33.7 Å². The van der Waals surface area contributed by atoms with Crippen LogP contribution in [0, 0.1) is 0 Å². The molecule has 0 aliphatic carbocycles. The molecule has 1 unspecified atom stereocenters. The van der Waals surface area contributed by atoms with Crippen molar-refractivity contribution in [1.82, 2.24) is 4.98 Å². The highest BCUT2D eigenvalue weighted by molar-refractivity contribution is 6.42. The number of pyridine rings is 1. The largest absolute Gasteiger partial charge is 0.462 e. The van der Waals surface area contributed by atoms with E-state index in [-0.39, 0.29) is 28.6 Å². The van der Waals surface area contributed by atoms with Crippen LogP contribution in [0.1, 0.15) is 24.0 Å². The van der Waals surface area contributed by atoms with Crippen LogP contribution in [-0.2, 0) is 9.53 Å². The average molecular weight is 431 g/mol. The maximum Gasteiger partial charge on any atom is 0.340 e.